The molecule has 1 atom stereocenters. The van der Waals surface area contributed by atoms with Gasteiger partial charge in [0.2, 0.25) is 0 Å². The van der Waals surface area contributed by atoms with Gasteiger partial charge in [0.1, 0.15) is 5.54 Å². The third-order valence-electron chi connectivity index (χ3n) is 3.99. The molecule has 1 fully saturated rings. The molecular weight excluding hydrogens is 250 g/mol. The fourth-order valence-electron chi connectivity index (χ4n) is 2.66. The number of aliphatic carboxylic acids is 1. The van der Waals surface area contributed by atoms with Crippen LogP contribution in [0.1, 0.15) is 24.0 Å². The number of halogens is 1. The Morgan fingerprint density at radius 1 is 1.39 bits per heavy atom. The second kappa shape index (κ2) is 4.25. The van der Waals surface area contributed by atoms with Crippen molar-refractivity contribution in [2.45, 2.75) is 31.2 Å². The van der Waals surface area contributed by atoms with Gasteiger partial charge in [-0.3, -0.25) is 4.79 Å². The van der Waals surface area contributed by atoms with Crippen LogP contribution in [-0.2, 0) is 17.6 Å². The first kappa shape index (κ1) is 12.0. The van der Waals surface area contributed by atoms with Crippen LogP contribution in [-0.4, -0.2) is 23.2 Å². The Morgan fingerprint density at radius 2 is 2.11 bits per heavy atom. The molecule has 1 aromatic rings. The molecule has 96 valence electrons. The van der Waals surface area contributed by atoms with E-state index in [1.54, 1.807) is 0 Å². The maximum absolute atomic E-state index is 11.6. The van der Waals surface area contributed by atoms with Crippen molar-refractivity contribution in [1.82, 2.24) is 5.32 Å². The lowest BCUT2D eigenvalue weighted by molar-refractivity contribution is -0.144. The fraction of sp³-hybridized carbons (Fsp3) is 0.500. The first-order valence-electron chi connectivity index (χ1n) is 6.35. The lowest BCUT2D eigenvalue weighted by atomic mass is 9.95. The Bertz CT molecular complexity index is 499. The lowest BCUT2D eigenvalue weighted by Crippen LogP contribution is -2.53. The second-order valence-electron chi connectivity index (χ2n) is 5.48. The number of carboxylic acid groups (broad SMARTS) is 1. The predicted octanol–water partition coefficient (Wildman–Crippen LogP) is 2.26. The van der Waals surface area contributed by atoms with Gasteiger partial charge in [-0.1, -0.05) is 17.7 Å². The first-order chi connectivity index (χ1) is 8.59. The highest BCUT2D eigenvalue weighted by Gasteiger charge is 2.44. The third-order valence-corrected chi connectivity index (χ3v) is 4.22. The molecule has 0 saturated heterocycles. The minimum absolute atomic E-state index is 0.533. The molecule has 2 N–H and O–H groups in total. The van der Waals surface area contributed by atoms with Crippen molar-refractivity contribution in [2.24, 2.45) is 5.92 Å². The Labute approximate surface area is 111 Å². The van der Waals surface area contributed by atoms with E-state index in [-0.39, 0.29) is 0 Å². The van der Waals surface area contributed by atoms with E-state index < -0.39 is 11.5 Å². The number of benzene rings is 1. The number of carboxylic acids is 1. The van der Waals surface area contributed by atoms with Gasteiger partial charge < -0.3 is 10.4 Å². The van der Waals surface area contributed by atoms with Gasteiger partial charge in [-0.2, -0.15) is 0 Å². The molecule has 0 radical (unpaired) electrons. The van der Waals surface area contributed by atoms with Gasteiger partial charge in [-0.25, -0.2) is 0 Å². The number of nitrogens with one attached hydrogen (secondary N) is 1. The summed E-state index contributed by atoms with van der Waals surface area (Å²) in [4.78, 5) is 11.6. The summed E-state index contributed by atoms with van der Waals surface area (Å²) in [6, 6.07) is 5.67. The lowest BCUT2D eigenvalue weighted by Gasteiger charge is -2.25. The normalized spacial score (nSPS) is 26.1. The molecule has 4 heteroatoms. The molecule has 1 saturated carbocycles. The maximum Gasteiger partial charge on any atom is 0.324 e. The van der Waals surface area contributed by atoms with Gasteiger partial charge in [-0.05, 0) is 48.6 Å². The second-order valence-corrected chi connectivity index (χ2v) is 5.91. The quantitative estimate of drug-likeness (QED) is 0.878. The van der Waals surface area contributed by atoms with E-state index in [1.165, 1.54) is 12.8 Å². The van der Waals surface area contributed by atoms with Gasteiger partial charge in [0, 0.05) is 17.9 Å². The van der Waals surface area contributed by atoms with Crippen LogP contribution in [0.15, 0.2) is 18.2 Å². The smallest absolute Gasteiger partial charge is 0.324 e. The predicted molar refractivity (Wildman–Crippen MR) is 70.0 cm³/mol. The van der Waals surface area contributed by atoms with Gasteiger partial charge in [0.05, 0.1) is 0 Å². The summed E-state index contributed by atoms with van der Waals surface area (Å²) in [5.41, 5.74) is 1.34. The summed E-state index contributed by atoms with van der Waals surface area (Å²) in [5, 5.41) is 13.5. The molecule has 1 unspecified atom stereocenters. The average Bonchev–Trinajstić information content (AvgIpc) is 3.07. The summed E-state index contributed by atoms with van der Waals surface area (Å²) in [5.74, 6) is -0.0796. The van der Waals surface area contributed by atoms with E-state index in [0.717, 1.165) is 17.7 Å². The van der Waals surface area contributed by atoms with Crippen LogP contribution >= 0.6 is 11.6 Å². The van der Waals surface area contributed by atoms with Crippen molar-refractivity contribution in [1.29, 1.82) is 0 Å². The van der Waals surface area contributed by atoms with Crippen molar-refractivity contribution >= 4 is 17.6 Å². The Morgan fingerprint density at radius 3 is 2.78 bits per heavy atom. The summed E-state index contributed by atoms with van der Waals surface area (Å²) < 4.78 is 0. The van der Waals surface area contributed by atoms with Crippen LogP contribution in [0, 0.1) is 5.92 Å². The van der Waals surface area contributed by atoms with Crippen LogP contribution in [0.2, 0.25) is 5.02 Å². The van der Waals surface area contributed by atoms with E-state index in [1.807, 2.05) is 18.2 Å². The zero-order valence-electron chi connectivity index (χ0n) is 10.1. The average molecular weight is 266 g/mol. The SMILES string of the molecule is O=C(O)C1(NCC2CC2)Cc2ccc(Cl)cc2C1. The minimum atomic E-state index is -0.824. The van der Waals surface area contributed by atoms with Crippen LogP contribution in [0.5, 0.6) is 0 Å². The van der Waals surface area contributed by atoms with Crippen molar-refractivity contribution in [2.75, 3.05) is 6.54 Å². The summed E-state index contributed by atoms with van der Waals surface area (Å²) >= 11 is 5.97. The largest absolute Gasteiger partial charge is 0.480 e. The molecule has 0 bridgehead atoms. The fourth-order valence-corrected chi connectivity index (χ4v) is 2.85. The standard InChI is InChI=1S/C14H16ClNO2/c15-12-4-3-10-6-14(13(17)18,7-11(10)5-12)16-8-9-1-2-9/h3-5,9,16H,1-2,6-8H2,(H,17,18). The molecule has 3 rings (SSSR count). The van der Waals surface area contributed by atoms with Crippen molar-refractivity contribution in [3.63, 3.8) is 0 Å². The molecule has 0 aliphatic heterocycles. The molecule has 3 nitrogen and oxygen atoms in total. The number of fused-ring (bicyclic) bond motifs is 1. The van der Waals surface area contributed by atoms with E-state index in [2.05, 4.69) is 5.32 Å². The van der Waals surface area contributed by atoms with E-state index in [0.29, 0.717) is 23.8 Å². The molecule has 0 amide bonds. The zero-order valence-corrected chi connectivity index (χ0v) is 10.8. The van der Waals surface area contributed by atoms with Gasteiger partial charge in [-0.15, -0.1) is 0 Å². The molecule has 0 heterocycles. The Kier molecular flexibility index (Phi) is 2.83. The number of hydrogen-bond donors (Lipinski definition) is 2. The van der Waals surface area contributed by atoms with Gasteiger partial charge in [0.15, 0.2) is 0 Å². The highest BCUT2D eigenvalue weighted by Crippen LogP contribution is 2.34. The molecule has 2 aliphatic carbocycles. The Balaban J connectivity index is 1.82. The third kappa shape index (κ3) is 2.13. The highest BCUT2D eigenvalue weighted by molar-refractivity contribution is 6.30. The molecular formula is C14H16ClNO2. The zero-order chi connectivity index (χ0) is 12.8. The van der Waals surface area contributed by atoms with Crippen molar-refractivity contribution in [3.8, 4) is 0 Å². The first-order valence-corrected chi connectivity index (χ1v) is 6.73. The number of carbonyl (C=O) groups is 1. The molecule has 0 aromatic heterocycles. The summed E-state index contributed by atoms with van der Waals surface area (Å²) in [7, 11) is 0. The van der Waals surface area contributed by atoms with Crippen LogP contribution < -0.4 is 5.32 Å². The van der Waals surface area contributed by atoms with Crippen molar-refractivity contribution < 1.29 is 9.90 Å². The van der Waals surface area contributed by atoms with Crippen LogP contribution in [0.25, 0.3) is 0 Å². The maximum atomic E-state index is 11.6. The van der Waals surface area contributed by atoms with E-state index in [9.17, 15) is 9.90 Å². The van der Waals surface area contributed by atoms with E-state index in [4.69, 9.17) is 11.6 Å². The summed E-state index contributed by atoms with van der Waals surface area (Å²) in [6.07, 6.45) is 3.54. The molecule has 18 heavy (non-hydrogen) atoms. The van der Waals surface area contributed by atoms with Crippen LogP contribution in [0.3, 0.4) is 0 Å². The number of rotatable bonds is 4. The van der Waals surface area contributed by atoms with Gasteiger partial charge >= 0.3 is 5.97 Å². The van der Waals surface area contributed by atoms with Crippen molar-refractivity contribution in [3.05, 3.63) is 34.3 Å². The monoisotopic (exact) mass is 265 g/mol. The minimum Gasteiger partial charge on any atom is -0.480 e. The molecule has 2 aliphatic rings. The number of hydrogen-bond acceptors (Lipinski definition) is 2. The molecule has 1 aromatic carbocycles. The van der Waals surface area contributed by atoms with Crippen LogP contribution in [0.4, 0.5) is 0 Å². The highest BCUT2D eigenvalue weighted by atomic mass is 35.5. The van der Waals surface area contributed by atoms with E-state index >= 15 is 0 Å². The Hall–Kier alpha value is -1.06. The van der Waals surface area contributed by atoms with Gasteiger partial charge in [0.25, 0.3) is 0 Å². The topological polar surface area (TPSA) is 49.3 Å². The molecule has 0 spiro atoms. The summed E-state index contributed by atoms with van der Waals surface area (Å²) in [6.45, 7) is 0.814.